The van der Waals surface area contributed by atoms with Gasteiger partial charge in [-0.2, -0.15) is 0 Å². The maximum Gasteiger partial charge on any atom is 0.264 e. The van der Waals surface area contributed by atoms with E-state index in [1.165, 1.54) is 5.19 Å². The normalized spacial score (nSPS) is 25.0. The van der Waals surface area contributed by atoms with Crippen LogP contribution in [-0.4, -0.2) is 79.9 Å². The molecule has 2 saturated heterocycles. The summed E-state index contributed by atoms with van der Waals surface area (Å²) in [6.07, 6.45) is 4.06. The number of methoxy groups -OCH3 is 1. The van der Waals surface area contributed by atoms with Crippen LogP contribution >= 0.6 is 0 Å². The molecule has 2 amide bonds. The number of aliphatic hydroxyl groups excluding tert-OH is 1. The highest BCUT2D eigenvalue weighted by molar-refractivity contribution is 6.91. The number of amides is 2. The highest BCUT2D eigenvalue weighted by Crippen LogP contribution is 2.60. The molecule has 274 valence electrons. The number of piperidine rings is 1. The van der Waals surface area contributed by atoms with Crippen molar-refractivity contribution in [3.05, 3.63) is 95.8 Å². The molecule has 6 atom stereocenters. The van der Waals surface area contributed by atoms with E-state index in [9.17, 15) is 14.7 Å². The predicted molar refractivity (Wildman–Crippen MR) is 204 cm³/mol. The van der Waals surface area contributed by atoms with Gasteiger partial charge in [-0.25, -0.2) is 0 Å². The molecule has 0 saturated carbocycles. The van der Waals surface area contributed by atoms with Crippen molar-refractivity contribution in [1.82, 2.24) is 20.3 Å². The van der Waals surface area contributed by atoms with Crippen molar-refractivity contribution in [2.75, 3.05) is 44.1 Å². The fourth-order valence-electron chi connectivity index (χ4n) is 8.98. The van der Waals surface area contributed by atoms with Crippen molar-refractivity contribution in [1.29, 1.82) is 0 Å². The van der Waals surface area contributed by atoms with E-state index in [2.05, 4.69) is 53.1 Å². The molecule has 1 spiro atoms. The smallest absolute Gasteiger partial charge is 0.264 e. The van der Waals surface area contributed by atoms with E-state index in [0.717, 1.165) is 42.0 Å². The summed E-state index contributed by atoms with van der Waals surface area (Å²) in [6, 6.07) is 24.0. The summed E-state index contributed by atoms with van der Waals surface area (Å²) in [7, 11) is 1.14. The Kier molecular flexibility index (Phi) is 10.1. The van der Waals surface area contributed by atoms with Crippen LogP contribution in [0.5, 0.6) is 5.75 Å². The van der Waals surface area contributed by atoms with Crippen molar-refractivity contribution in [2.45, 2.75) is 69.0 Å². The molecule has 1 aromatic heterocycles. The van der Waals surface area contributed by atoms with Gasteiger partial charge in [-0.05, 0) is 67.2 Å². The number of hydrogen-bond donors (Lipinski definition) is 3. The lowest BCUT2D eigenvalue weighted by Crippen LogP contribution is -2.51. The number of hydrogen-bond acceptors (Lipinski definition) is 8. The molecule has 2 fully saturated rings. The Labute approximate surface area is 306 Å². The van der Waals surface area contributed by atoms with Gasteiger partial charge in [0.2, 0.25) is 5.91 Å². The van der Waals surface area contributed by atoms with Gasteiger partial charge in [0.15, 0.2) is 5.60 Å². The molecule has 52 heavy (non-hydrogen) atoms. The Balaban J connectivity index is 1.22. The number of aryl methyl sites for hydroxylation is 1. The third-order valence-electron chi connectivity index (χ3n) is 11.8. The van der Waals surface area contributed by atoms with Gasteiger partial charge in [-0.3, -0.25) is 14.3 Å². The van der Waals surface area contributed by atoms with Gasteiger partial charge in [0.1, 0.15) is 5.75 Å². The molecule has 12 heteroatoms. The first-order chi connectivity index (χ1) is 25.1. The number of anilines is 2. The van der Waals surface area contributed by atoms with Crippen molar-refractivity contribution < 1.29 is 24.2 Å². The zero-order valence-electron chi connectivity index (χ0n) is 30.7. The minimum absolute atomic E-state index is 0.00836. The second-order valence-corrected chi connectivity index (χ2v) is 19.8. The molecular weight excluding hydrogens is 673 g/mol. The molecule has 2 unspecified atom stereocenters. The Morgan fingerprint density at radius 2 is 1.92 bits per heavy atom. The number of carbonyl (C=O) groups is 2. The number of fused-ring (bicyclic) bond motifs is 2. The number of carbonyl (C=O) groups excluding carboxylic acids is 2. The van der Waals surface area contributed by atoms with Crippen molar-refractivity contribution >= 4 is 36.4 Å². The first-order valence-electron chi connectivity index (χ1n) is 18.4. The molecule has 7 rings (SSSR count). The summed E-state index contributed by atoms with van der Waals surface area (Å²) in [6.45, 7) is 8.95. The van der Waals surface area contributed by atoms with Gasteiger partial charge in [0, 0.05) is 43.5 Å². The highest BCUT2D eigenvalue weighted by Gasteiger charge is 2.65. The Morgan fingerprint density at radius 3 is 2.62 bits per heavy atom. The summed E-state index contributed by atoms with van der Waals surface area (Å²) in [5.41, 5.74) is 2.79. The second-order valence-electron chi connectivity index (χ2n) is 15.1. The fraction of sp³-hybridized carbons (Fsp3) is 0.450. The first-order valence-corrected chi connectivity index (χ1v) is 21.5. The number of aliphatic hydroxyl groups is 1. The maximum absolute atomic E-state index is 14.6. The zero-order chi connectivity index (χ0) is 36.6. The van der Waals surface area contributed by atoms with Gasteiger partial charge in [0.25, 0.3) is 5.91 Å². The van der Waals surface area contributed by atoms with Crippen molar-refractivity contribution in [2.24, 2.45) is 11.8 Å². The van der Waals surface area contributed by atoms with Gasteiger partial charge in [-0.1, -0.05) is 72.9 Å². The Hall–Kier alpha value is -4.36. The van der Waals surface area contributed by atoms with Crippen LogP contribution in [0.25, 0.3) is 0 Å². The number of aromatic nitrogens is 3. The van der Waals surface area contributed by atoms with Crippen molar-refractivity contribution in [3.8, 4) is 5.75 Å². The lowest BCUT2D eigenvalue weighted by molar-refractivity contribution is -0.145. The number of likely N-dealkylation sites (N-methyl/N-ethyl adjacent to an activating group) is 1. The monoisotopic (exact) mass is 722 g/mol. The summed E-state index contributed by atoms with van der Waals surface area (Å²) < 4.78 is 14.5. The van der Waals surface area contributed by atoms with Crippen LogP contribution in [0.1, 0.15) is 48.9 Å². The summed E-state index contributed by atoms with van der Waals surface area (Å²) >= 11 is 0. The van der Waals surface area contributed by atoms with E-state index < -0.39 is 13.7 Å². The number of nitrogens with one attached hydrogen (secondary N) is 2. The summed E-state index contributed by atoms with van der Waals surface area (Å²) in [5.74, 6) is 0.168. The van der Waals surface area contributed by atoms with Crippen LogP contribution in [0.3, 0.4) is 0 Å². The topological polar surface area (TPSA) is 131 Å². The number of nitrogens with zero attached hydrogens (tertiary/aromatic N) is 4. The molecule has 3 aliphatic rings. The molecule has 4 aromatic rings. The number of rotatable bonds is 11. The molecule has 4 heterocycles. The van der Waals surface area contributed by atoms with Crippen LogP contribution in [-0.2, 0) is 26.5 Å². The van der Waals surface area contributed by atoms with E-state index in [1.807, 2.05) is 78.6 Å². The van der Waals surface area contributed by atoms with Crippen molar-refractivity contribution in [3.63, 3.8) is 0 Å². The SMILES string of the molecule is COc1ccc([Si](C)(C)[C@@H]2[C@@H](CCn3cc(C(CO)c4ccccc4)nn3)O[C@]3(C(=O)N(C)c4ccc(NC(=O)C5CCCNC5)cc43)[C@H]2C)cc1. The predicted octanol–water partition coefficient (Wildman–Crippen LogP) is 4.63. The Morgan fingerprint density at radius 1 is 1.15 bits per heavy atom. The first kappa shape index (κ1) is 36.0. The van der Waals surface area contributed by atoms with Crippen LogP contribution < -0.4 is 25.5 Å². The maximum atomic E-state index is 14.6. The van der Waals surface area contributed by atoms with E-state index >= 15 is 0 Å². The summed E-state index contributed by atoms with van der Waals surface area (Å²) in [5, 5.41) is 26.9. The van der Waals surface area contributed by atoms with E-state index in [-0.39, 0.29) is 47.8 Å². The van der Waals surface area contributed by atoms with E-state index in [0.29, 0.717) is 30.9 Å². The highest BCUT2D eigenvalue weighted by atomic mass is 28.3. The molecule has 3 N–H and O–H groups in total. The fourth-order valence-corrected chi connectivity index (χ4v) is 13.0. The molecule has 0 bridgehead atoms. The van der Waals surface area contributed by atoms with Gasteiger partial charge >= 0.3 is 0 Å². The van der Waals surface area contributed by atoms with Gasteiger partial charge < -0.3 is 30.1 Å². The average Bonchev–Trinajstić information content (AvgIpc) is 3.82. The second kappa shape index (κ2) is 14.6. The van der Waals surface area contributed by atoms with Crippen LogP contribution in [0.15, 0.2) is 79.0 Å². The molecule has 0 radical (unpaired) electrons. The van der Waals surface area contributed by atoms with Crippen LogP contribution in [0, 0.1) is 11.8 Å². The summed E-state index contributed by atoms with van der Waals surface area (Å²) in [4.78, 5) is 29.6. The lowest BCUT2D eigenvalue weighted by atomic mass is 9.82. The minimum Gasteiger partial charge on any atom is -0.497 e. The number of benzene rings is 3. The standard InChI is InChI=1S/C40H50N6O5Si/c1-26-37(52(4,5)31-16-14-30(50-3)15-17-31)36(19-21-46-24-34(43-44-46)32(25-47)27-10-7-6-8-11-27)51-40(26)33-22-29(13-18-35(33)45(2)39(40)49)42-38(48)28-12-9-20-41-23-28/h6-8,10-11,13-18,22,24,26,28,32,36-37,41,47H,9,12,19-21,23,25H2,1-5H3,(H,42,48)/t26-,28?,32?,36+,37-,40+/m0/s1. The van der Waals surface area contributed by atoms with E-state index in [4.69, 9.17) is 9.47 Å². The largest absolute Gasteiger partial charge is 0.497 e. The third-order valence-corrected chi connectivity index (χ3v) is 16.2. The third kappa shape index (κ3) is 6.35. The molecule has 11 nitrogen and oxygen atoms in total. The van der Waals surface area contributed by atoms with Gasteiger partial charge in [0.05, 0.1) is 51.1 Å². The molecule has 3 aromatic carbocycles. The van der Waals surface area contributed by atoms with E-state index in [1.54, 1.807) is 12.0 Å². The van der Waals surface area contributed by atoms with Crippen LogP contribution in [0.4, 0.5) is 11.4 Å². The minimum atomic E-state index is -2.34. The van der Waals surface area contributed by atoms with Gasteiger partial charge in [-0.15, -0.1) is 5.10 Å². The lowest BCUT2D eigenvalue weighted by Gasteiger charge is -2.37. The zero-order valence-corrected chi connectivity index (χ0v) is 31.7. The quantitative estimate of drug-likeness (QED) is 0.191. The molecule has 3 aliphatic heterocycles. The average molecular weight is 723 g/mol. The number of ether oxygens (including phenoxy) is 2. The van der Waals surface area contributed by atoms with Crippen LogP contribution in [0.2, 0.25) is 18.6 Å². The molecular formula is C40H50N6O5Si. The Bertz CT molecular complexity index is 1900. The molecule has 0 aliphatic carbocycles.